The lowest BCUT2D eigenvalue weighted by Crippen LogP contribution is -2.48. The van der Waals surface area contributed by atoms with Crippen molar-refractivity contribution in [2.24, 2.45) is 0 Å². The third-order valence-corrected chi connectivity index (χ3v) is 9.02. The molecule has 1 aliphatic rings. The van der Waals surface area contributed by atoms with Crippen LogP contribution < -0.4 is 0 Å². The second kappa shape index (κ2) is 12.0. The van der Waals surface area contributed by atoms with Crippen LogP contribution in [0.1, 0.15) is 27.0 Å². The van der Waals surface area contributed by atoms with Gasteiger partial charge in [0.15, 0.2) is 0 Å². The summed E-state index contributed by atoms with van der Waals surface area (Å²) in [5, 5.41) is 9.74. The topological polar surface area (TPSA) is 77.9 Å². The van der Waals surface area contributed by atoms with Crippen LogP contribution in [-0.4, -0.2) is 60.6 Å². The van der Waals surface area contributed by atoms with E-state index in [1.165, 1.54) is 22.0 Å². The van der Waals surface area contributed by atoms with E-state index in [1.807, 2.05) is 18.2 Å². The van der Waals surface area contributed by atoms with Gasteiger partial charge in [-0.15, -0.1) is 11.8 Å². The average molecular weight is 529 g/mol. The molecule has 0 saturated carbocycles. The van der Waals surface area contributed by atoms with Gasteiger partial charge in [-0.25, -0.2) is 17.6 Å². The molecule has 4 rings (SSSR count). The van der Waals surface area contributed by atoms with Crippen LogP contribution in [0.15, 0.2) is 77.7 Å². The molecule has 0 amide bonds. The Balaban J connectivity index is 1.35. The first-order valence-corrected chi connectivity index (χ1v) is 14.4. The lowest BCUT2D eigenvalue weighted by atomic mass is 10.1. The molecular weight excluding hydrogens is 499 g/mol. The fraction of sp³-hybridized carbons (Fsp3) is 0.296. The molecule has 6 nitrogen and oxygen atoms in total. The predicted octanol–water partition coefficient (Wildman–Crippen LogP) is 4.51. The molecule has 0 spiro atoms. The number of nitrogens with zero attached hydrogens (tertiary/aromatic N) is 2. The van der Waals surface area contributed by atoms with Gasteiger partial charge in [-0.1, -0.05) is 48.5 Å². The van der Waals surface area contributed by atoms with Gasteiger partial charge >= 0.3 is 5.97 Å². The molecule has 0 bridgehead atoms. The molecule has 0 radical (unpaired) electrons. The van der Waals surface area contributed by atoms with Crippen LogP contribution in [0.4, 0.5) is 4.39 Å². The van der Waals surface area contributed by atoms with E-state index in [0.29, 0.717) is 38.3 Å². The lowest BCUT2D eigenvalue weighted by Gasteiger charge is -2.34. The molecule has 1 saturated heterocycles. The highest BCUT2D eigenvalue weighted by molar-refractivity contribution is 7.99. The number of thioether (sulfide) groups is 1. The number of carboxylic acid groups (broad SMARTS) is 1. The Morgan fingerprint density at radius 2 is 1.61 bits per heavy atom. The summed E-state index contributed by atoms with van der Waals surface area (Å²) in [7, 11) is -3.67. The fourth-order valence-electron chi connectivity index (χ4n) is 4.20. The number of halogens is 1. The summed E-state index contributed by atoms with van der Waals surface area (Å²) in [6.07, 6.45) is 0.858. The molecule has 9 heteroatoms. The highest BCUT2D eigenvalue weighted by atomic mass is 32.2. The van der Waals surface area contributed by atoms with Crippen molar-refractivity contribution in [1.29, 1.82) is 0 Å². The second-order valence-corrected chi connectivity index (χ2v) is 11.9. The van der Waals surface area contributed by atoms with Gasteiger partial charge in [0.1, 0.15) is 5.82 Å². The molecule has 0 aromatic heterocycles. The summed E-state index contributed by atoms with van der Waals surface area (Å²) in [5.41, 5.74) is 2.51. The molecule has 36 heavy (non-hydrogen) atoms. The van der Waals surface area contributed by atoms with Crippen LogP contribution in [0, 0.1) is 5.82 Å². The minimum atomic E-state index is -3.67. The van der Waals surface area contributed by atoms with Crippen molar-refractivity contribution >= 4 is 27.8 Å². The van der Waals surface area contributed by atoms with E-state index >= 15 is 0 Å². The number of hydrogen-bond acceptors (Lipinski definition) is 5. The maximum atomic E-state index is 13.1. The Labute approximate surface area is 215 Å². The third-order valence-electron chi connectivity index (χ3n) is 6.20. The zero-order valence-corrected chi connectivity index (χ0v) is 21.5. The van der Waals surface area contributed by atoms with Gasteiger partial charge in [-0.2, -0.15) is 4.31 Å². The van der Waals surface area contributed by atoms with Gasteiger partial charge < -0.3 is 5.11 Å². The zero-order valence-electron chi connectivity index (χ0n) is 19.8. The lowest BCUT2D eigenvalue weighted by molar-refractivity contribution is 0.0695. The Hall–Kier alpha value is -2.72. The number of aryl methyl sites for hydroxylation is 1. The molecule has 3 aromatic carbocycles. The van der Waals surface area contributed by atoms with Crippen molar-refractivity contribution < 1.29 is 22.7 Å². The number of carboxylic acids is 1. The zero-order chi connectivity index (χ0) is 25.5. The normalized spacial score (nSPS) is 15.1. The summed E-state index contributed by atoms with van der Waals surface area (Å²) >= 11 is 1.55. The van der Waals surface area contributed by atoms with E-state index in [1.54, 1.807) is 42.1 Å². The average Bonchev–Trinajstić information content (AvgIpc) is 2.87. The van der Waals surface area contributed by atoms with E-state index in [2.05, 4.69) is 17.0 Å². The van der Waals surface area contributed by atoms with Crippen molar-refractivity contribution in [3.05, 3.63) is 101 Å². The quantitative estimate of drug-likeness (QED) is 0.390. The molecule has 1 aliphatic heterocycles. The highest BCUT2D eigenvalue weighted by Gasteiger charge is 2.28. The predicted molar refractivity (Wildman–Crippen MR) is 140 cm³/mol. The van der Waals surface area contributed by atoms with Gasteiger partial charge in [0.2, 0.25) is 10.0 Å². The number of benzene rings is 3. The molecule has 1 N–H and O–H groups in total. The van der Waals surface area contributed by atoms with Crippen LogP contribution in [0.3, 0.4) is 0 Å². The van der Waals surface area contributed by atoms with Gasteiger partial charge in [-0.3, -0.25) is 4.90 Å². The number of piperazine rings is 1. The summed E-state index contributed by atoms with van der Waals surface area (Å²) in [6.45, 7) is 2.40. The second-order valence-electron chi connectivity index (χ2n) is 8.77. The van der Waals surface area contributed by atoms with Crippen LogP contribution >= 0.6 is 11.8 Å². The van der Waals surface area contributed by atoms with Crippen LogP contribution in [0.25, 0.3) is 0 Å². The molecule has 190 valence electrons. The molecule has 3 aromatic rings. The fourth-order valence-corrected chi connectivity index (χ4v) is 6.69. The first-order chi connectivity index (χ1) is 17.3. The molecule has 0 unspecified atom stereocenters. The van der Waals surface area contributed by atoms with Crippen molar-refractivity contribution in [2.75, 3.05) is 31.9 Å². The van der Waals surface area contributed by atoms with Crippen LogP contribution in [-0.2, 0) is 28.7 Å². The number of carbonyl (C=O) groups is 1. The standard InChI is InChI=1S/C27H29FN2O4S2/c28-24-9-6-22(7-10-24)19-29-13-15-30(16-14-29)36(33,34)20-23-8-11-25(18-26(23)27(31)32)35-17-12-21-4-2-1-3-5-21/h1-11,18H,12-17,19-20H2,(H,31,32). The maximum Gasteiger partial charge on any atom is 0.336 e. The van der Waals surface area contributed by atoms with Gasteiger partial charge in [0.25, 0.3) is 0 Å². The van der Waals surface area contributed by atoms with Gasteiger partial charge in [0, 0.05) is 43.4 Å². The molecular formula is C27H29FN2O4S2. The maximum absolute atomic E-state index is 13.1. The van der Waals surface area contributed by atoms with Crippen molar-refractivity contribution in [1.82, 2.24) is 9.21 Å². The summed E-state index contributed by atoms with van der Waals surface area (Å²) < 4.78 is 40.8. The van der Waals surface area contributed by atoms with E-state index in [4.69, 9.17) is 0 Å². The summed E-state index contributed by atoms with van der Waals surface area (Å²) in [4.78, 5) is 14.9. The Bertz CT molecular complexity index is 1280. The Kier molecular flexibility index (Phi) is 8.79. The molecule has 0 atom stereocenters. The smallest absolute Gasteiger partial charge is 0.336 e. The molecule has 1 fully saturated rings. The van der Waals surface area contributed by atoms with Crippen molar-refractivity contribution in [3.63, 3.8) is 0 Å². The molecule has 0 aliphatic carbocycles. The Morgan fingerprint density at radius 1 is 0.917 bits per heavy atom. The first kappa shape index (κ1) is 26.3. The minimum absolute atomic E-state index is 0.0261. The van der Waals surface area contributed by atoms with E-state index in [0.717, 1.165) is 22.6 Å². The monoisotopic (exact) mass is 528 g/mol. The number of hydrogen-bond donors (Lipinski definition) is 1. The van der Waals surface area contributed by atoms with Gasteiger partial charge in [0.05, 0.1) is 11.3 Å². The van der Waals surface area contributed by atoms with Crippen molar-refractivity contribution in [3.8, 4) is 0 Å². The number of sulfonamides is 1. The third kappa shape index (κ3) is 7.16. The van der Waals surface area contributed by atoms with E-state index in [9.17, 15) is 22.7 Å². The van der Waals surface area contributed by atoms with Crippen LogP contribution in [0.5, 0.6) is 0 Å². The van der Waals surface area contributed by atoms with E-state index in [-0.39, 0.29) is 17.1 Å². The summed E-state index contributed by atoms with van der Waals surface area (Å²) in [6, 6.07) is 21.4. The largest absolute Gasteiger partial charge is 0.478 e. The minimum Gasteiger partial charge on any atom is -0.478 e. The van der Waals surface area contributed by atoms with Crippen molar-refractivity contribution in [2.45, 2.75) is 23.6 Å². The Morgan fingerprint density at radius 3 is 2.28 bits per heavy atom. The number of rotatable bonds is 10. The summed E-state index contributed by atoms with van der Waals surface area (Å²) in [5.74, 6) is -0.964. The van der Waals surface area contributed by atoms with Crippen LogP contribution in [0.2, 0.25) is 0 Å². The van der Waals surface area contributed by atoms with Gasteiger partial charge in [-0.05, 0) is 47.4 Å². The first-order valence-electron chi connectivity index (χ1n) is 11.8. The molecule has 1 heterocycles. The SMILES string of the molecule is O=C(O)c1cc(SCCc2ccccc2)ccc1CS(=O)(=O)N1CCN(Cc2ccc(F)cc2)CC1. The number of aromatic carboxylic acids is 1. The van der Waals surface area contributed by atoms with E-state index < -0.39 is 16.0 Å². The highest BCUT2D eigenvalue weighted by Crippen LogP contribution is 2.25.